The van der Waals surface area contributed by atoms with Gasteiger partial charge in [-0.25, -0.2) is 0 Å². The summed E-state index contributed by atoms with van der Waals surface area (Å²) in [7, 11) is 0. The SMILES string of the molecule is CCCCN1C(=O)c2cccc3c(/C=C/c4ccc(N)cc4)ccc(c23)C1=O. The highest BCUT2D eigenvalue weighted by Gasteiger charge is 2.32. The number of unbranched alkanes of at least 4 members (excludes halogenated alkanes) is 1. The second-order valence-corrected chi connectivity index (χ2v) is 7.05. The summed E-state index contributed by atoms with van der Waals surface area (Å²) in [6, 6.07) is 17.1. The second kappa shape index (κ2) is 7.31. The van der Waals surface area contributed by atoms with Crippen LogP contribution in [0.5, 0.6) is 0 Å². The van der Waals surface area contributed by atoms with Crippen LogP contribution < -0.4 is 5.73 Å². The van der Waals surface area contributed by atoms with Gasteiger partial charge in [0.1, 0.15) is 0 Å². The first-order chi connectivity index (χ1) is 13.6. The van der Waals surface area contributed by atoms with Gasteiger partial charge in [0.25, 0.3) is 11.8 Å². The Bertz CT molecular complexity index is 1080. The molecule has 0 aromatic heterocycles. The minimum atomic E-state index is -0.198. The Kier molecular flexibility index (Phi) is 4.70. The molecular formula is C24H22N2O2. The summed E-state index contributed by atoms with van der Waals surface area (Å²) in [5.41, 5.74) is 9.68. The lowest BCUT2D eigenvalue weighted by atomic mass is 9.91. The number of carbonyl (C=O) groups excluding carboxylic acids is 2. The van der Waals surface area contributed by atoms with Crippen LogP contribution in [0.3, 0.4) is 0 Å². The van der Waals surface area contributed by atoms with E-state index in [-0.39, 0.29) is 11.8 Å². The molecule has 0 saturated heterocycles. The average Bonchev–Trinajstić information content (AvgIpc) is 2.71. The third kappa shape index (κ3) is 3.07. The van der Waals surface area contributed by atoms with Crippen LogP contribution in [0.2, 0.25) is 0 Å². The Labute approximate surface area is 164 Å². The van der Waals surface area contributed by atoms with Gasteiger partial charge in [-0.15, -0.1) is 0 Å². The van der Waals surface area contributed by atoms with Crippen molar-refractivity contribution in [3.05, 3.63) is 76.9 Å². The molecule has 0 fully saturated rings. The van der Waals surface area contributed by atoms with E-state index in [1.165, 1.54) is 4.90 Å². The molecule has 1 aliphatic rings. The highest BCUT2D eigenvalue weighted by molar-refractivity contribution is 6.26. The molecule has 1 aliphatic heterocycles. The molecule has 4 nitrogen and oxygen atoms in total. The van der Waals surface area contributed by atoms with Crippen LogP contribution in [0.4, 0.5) is 5.69 Å². The minimum absolute atomic E-state index is 0.198. The molecule has 0 aliphatic carbocycles. The summed E-state index contributed by atoms with van der Waals surface area (Å²) < 4.78 is 0. The summed E-state index contributed by atoms with van der Waals surface area (Å²) in [5, 5.41) is 1.67. The van der Waals surface area contributed by atoms with Crippen LogP contribution in [0, 0.1) is 0 Å². The number of nitrogens with two attached hydrogens (primary N) is 1. The predicted molar refractivity (Wildman–Crippen MR) is 114 cm³/mol. The number of hydrogen-bond acceptors (Lipinski definition) is 3. The standard InChI is InChI=1S/C24H22N2O2/c1-2-3-15-26-23(27)20-6-4-5-19-17(11-14-21(22(19)20)24(26)28)10-7-16-8-12-18(25)13-9-16/h4-14H,2-3,15,25H2,1H3/b10-7+. The van der Waals surface area contributed by atoms with E-state index in [9.17, 15) is 9.59 Å². The number of carbonyl (C=O) groups is 2. The van der Waals surface area contributed by atoms with Gasteiger partial charge >= 0.3 is 0 Å². The van der Waals surface area contributed by atoms with Crippen molar-refractivity contribution < 1.29 is 9.59 Å². The van der Waals surface area contributed by atoms with E-state index in [1.54, 1.807) is 0 Å². The van der Waals surface area contributed by atoms with Crippen LogP contribution in [0.1, 0.15) is 51.6 Å². The molecule has 4 rings (SSSR count). The molecule has 3 aromatic rings. The molecule has 0 atom stereocenters. The molecular weight excluding hydrogens is 348 g/mol. The number of imide groups is 1. The lowest BCUT2D eigenvalue weighted by Gasteiger charge is -2.27. The molecule has 0 unspecified atom stereocenters. The van der Waals surface area contributed by atoms with Gasteiger partial charge in [-0.05, 0) is 47.2 Å². The van der Waals surface area contributed by atoms with Crippen molar-refractivity contribution in [2.75, 3.05) is 12.3 Å². The Morgan fingerprint density at radius 1 is 0.893 bits per heavy atom. The Hall–Kier alpha value is -3.40. The lowest BCUT2D eigenvalue weighted by molar-refractivity contribution is 0.0608. The van der Waals surface area contributed by atoms with Crippen molar-refractivity contribution in [1.82, 2.24) is 4.90 Å². The van der Waals surface area contributed by atoms with E-state index in [4.69, 9.17) is 5.73 Å². The van der Waals surface area contributed by atoms with Gasteiger partial charge in [-0.1, -0.05) is 55.8 Å². The maximum Gasteiger partial charge on any atom is 0.261 e. The van der Waals surface area contributed by atoms with E-state index in [0.29, 0.717) is 17.7 Å². The van der Waals surface area contributed by atoms with Crippen molar-refractivity contribution in [3.63, 3.8) is 0 Å². The normalized spacial score (nSPS) is 13.7. The van der Waals surface area contributed by atoms with Crippen molar-refractivity contribution in [1.29, 1.82) is 0 Å². The van der Waals surface area contributed by atoms with Gasteiger partial charge in [-0.2, -0.15) is 0 Å². The third-order valence-corrected chi connectivity index (χ3v) is 5.15. The minimum Gasteiger partial charge on any atom is -0.399 e. The first-order valence-electron chi connectivity index (χ1n) is 9.55. The zero-order valence-electron chi connectivity index (χ0n) is 15.8. The van der Waals surface area contributed by atoms with Crippen LogP contribution in [0.25, 0.3) is 22.9 Å². The van der Waals surface area contributed by atoms with Crippen LogP contribution in [0.15, 0.2) is 54.6 Å². The number of rotatable bonds is 5. The van der Waals surface area contributed by atoms with Gasteiger partial charge in [-0.3, -0.25) is 14.5 Å². The number of nitrogens with zero attached hydrogens (tertiary/aromatic N) is 1. The molecule has 2 N–H and O–H groups in total. The van der Waals surface area contributed by atoms with Gasteiger partial charge < -0.3 is 5.73 Å². The number of hydrogen-bond donors (Lipinski definition) is 1. The maximum atomic E-state index is 12.9. The smallest absolute Gasteiger partial charge is 0.261 e. The Balaban J connectivity index is 1.79. The van der Waals surface area contributed by atoms with E-state index < -0.39 is 0 Å². The largest absolute Gasteiger partial charge is 0.399 e. The molecule has 0 radical (unpaired) electrons. The first kappa shape index (κ1) is 18.0. The monoisotopic (exact) mass is 370 g/mol. The van der Waals surface area contributed by atoms with Crippen molar-refractivity contribution >= 4 is 40.4 Å². The Morgan fingerprint density at radius 2 is 1.61 bits per heavy atom. The zero-order valence-corrected chi connectivity index (χ0v) is 15.8. The van der Waals surface area contributed by atoms with Crippen LogP contribution in [-0.4, -0.2) is 23.3 Å². The quantitative estimate of drug-likeness (QED) is 0.391. The summed E-state index contributed by atoms with van der Waals surface area (Å²) in [5.74, 6) is -0.396. The highest BCUT2D eigenvalue weighted by atomic mass is 16.2. The summed E-state index contributed by atoms with van der Waals surface area (Å²) in [6.45, 7) is 2.51. The van der Waals surface area contributed by atoms with Gasteiger partial charge in [0.2, 0.25) is 0 Å². The zero-order chi connectivity index (χ0) is 19.7. The third-order valence-electron chi connectivity index (χ3n) is 5.15. The molecule has 4 heteroatoms. The fourth-order valence-electron chi connectivity index (χ4n) is 3.63. The molecule has 28 heavy (non-hydrogen) atoms. The summed E-state index contributed by atoms with van der Waals surface area (Å²) in [6.07, 6.45) is 5.75. The number of nitrogen functional groups attached to an aromatic ring is 1. The predicted octanol–water partition coefficient (Wildman–Crippen LogP) is 4.99. The topological polar surface area (TPSA) is 63.4 Å². The molecule has 0 bridgehead atoms. The van der Waals surface area contributed by atoms with Gasteiger partial charge in [0.15, 0.2) is 0 Å². The van der Waals surface area contributed by atoms with E-state index >= 15 is 0 Å². The summed E-state index contributed by atoms with van der Waals surface area (Å²) >= 11 is 0. The molecule has 0 saturated carbocycles. The summed E-state index contributed by atoms with van der Waals surface area (Å²) in [4.78, 5) is 27.2. The number of amides is 2. The highest BCUT2D eigenvalue weighted by Crippen LogP contribution is 2.33. The van der Waals surface area contributed by atoms with Gasteiger partial charge in [0.05, 0.1) is 0 Å². The van der Waals surface area contributed by atoms with Crippen molar-refractivity contribution in [3.8, 4) is 0 Å². The number of anilines is 1. The molecule has 0 spiro atoms. The van der Waals surface area contributed by atoms with E-state index in [2.05, 4.69) is 0 Å². The fourth-order valence-corrected chi connectivity index (χ4v) is 3.63. The molecule has 3 aromatic carbocycles. The molecule has 140 valence electrons. The molecule has 1 heterocycles. The fraction of sp³-hybridized carbons (Fsp3) is 0.167. The van der Waals surface area contributed by atoms with Crippen LogP contribution >= 0.6 is 0 Å². The van der Waals surface area contributed by atoms with Crippen LogP contribution in [-0.2, 0) is 0 Å². The number of benzene rings is 3. The second-order valence-electron chi connectivity index (χ2n) is 7.05. The van der Waals surface area contributed by atoms with Gasteiger partial charge in [0, 0.05) is 28.7 Å². The van der Waals surface area contributed by atoms with Crippen molar-refractivity contribution in [2.24, 2.45) is 0 Å². The van der Waals surface area contributed by atoms with Crippen molar-refractivity contribution in [2.45, 2.75) is 19.8 Å². The van der Waals surface area contributed by atoms with E-state index in [0.717, 1.165) is 40.4 Å². The average molecular weight is 370 g/mol. The first-order valence-corrected chi connectivity index (χ1v) is 9.55. The Morgan fingerprint density at radius 3 is 2.32 bits per heavy atom. The van der Waals surface area contributed by atoms with E-state index in [1.807, 2.05) is 73.7 Å². The lowest BCUT2D eigenvalue weighted by Crippen LogP contribution is -2.40. The maximum absolute atomic E-state index is 12.9. The molecule has 2 amide bonds.